The Labute approximate surface area is 445 Å². The van der Waals surface area contributed by atoms with Crippen LogP contribution in [0.25, 0.3) is 0 Å². The highest BCUT2D eigenvalue weighted by atomic mass is 16.6. The average Bonchev–Trinajstić information content (AvgIpc) is 3.33. The van der Waals surface area contributed by atoms with E-state index in [1.54, 1.807) is 33.8 Å². The Morgan fingerprint density at radius 3 is 0.803 bits per heavy atom. The number of hydrogen-bond donors (Lipinski definition) is 2. The number of methoxy groups -OCH3 is 2. The second kappa shape index (κ2) is 41.2. The van der Waals surface area contributed by atoms with Gasteiger partial charge in [0.1, 0.15) is 0 Å². The molecule has 2 rings (SSSR count). The molecule has 2 atom stereocenters. The number of carboxylic acid groups (broad SMARTS) is 6. The zero-order valence-electron chi connectivity index (χ0n) is 44.5. The predicted octanol–water partition coefficient (Wildman–Crippen LogP) is -13.3. The van der Waals surface area contributed by atoms with Crippen LogP contribution < -0.4 is 30.6 Å². The third-order valence-electron chi connectivity index (χ3n) is 12.5. The van der Waals surface area contributed by atoms with Crippen LogP contribution in [0.15, 0.2) is 0 Å². The van der Waals surface area contributed by atoms with Crippen LogP contribution >= 0.6 is 0 Å². The van der Waals surface area contributed by atoms with E-state index in [9.17, 15) is 69.6 Å². The molecule has 0 saturated carbocycles. The van der Waals surface area contributed by atoms with Crippen LogP contribution in [0.5, 0.6) is 0 Å². The SMILES string of the molecule is COCCOCCOCC(COCCOCCOC)N(CC(O)CN1CCN(CC(=O)[O-])CCN(CC(=O)[O-])CCN(CC(=O)[O-])CC1)CC(O)CN1CCN(CC(=O)[O-])CCN(CC(=O)[O-])CCN(CC(=O)[O-])CC1. The molecule has 0 bridgehead atoms. The molecule has 2 fully saturated rings. The summed E-state index contributed by atoms with van der Waals surface area (Å²) < 4.78 is 33.5. The number of aliphatic carboxylic acids is 6. The fraction of sp³-hybridized carbons (Fsp3) is 0.872. The van der Waals surface area contributed by atoms with E-state index < -0.39 is 93.3 Å². The summed E-state index contributed by atoms with van der Waals surface area (Å²) in [4.78, 5) is 85.3. The summed E-state index contributed by atoms with van der Waals surface area (Å²) in [7, 11) is 3.10. The molecule has 29 nitrogen and oxygen atoms in total. The van der Waals surface area contributed by atoms with Gasteiger partial charge in [0.25, 0.3) is 0 Å². The lowest BCUT2D eigenvalue weighted by Gasteiger charge is -2.38. The maximum atomic E-state index is 12.0. The summed E-state index contributed by atoms with van der Waals surface area (Å²) in [6.45, 7) is 1.82. The normalized spacial score (nSPS) is 18.9. The average molecular weight is 1090 g/mol. The maximum absolute atomic E-state index is 12.0. The lowest BCUT2D eigenvalue weighted by atomic mass is 10.1. The van der Waals surface area contributed by atoms with E-state index in [2.05, 4.69) is 0 Å². The van der Waals surface area contributed by atoms with Gasteiger partial charge >= 0.3 is 0 Å². The number of ether oxygens (including phenoxy) is 6. The molecule has 2 aliphatic heterocycles. The van der Waals surface area contributed by atoms with Gasteiger partial charge < -0.3 is 98.0 Å². The first kappa shape index (κ1) is 68.2. The monoisotopic (exact) mass is 1090 g/mol. The number of nitrogens with zero attached hydrogens (tertiary/aromatic N) is 9. The van der Waals surface area contributed by atoms with Gasteiger partial charge in [-0.25, -0.2) is 0 Å². The van der Waals surface area contributed by atoms with E-state index in [1.807, 2.05) is 14.7 Å². The minimum absolute atomic E-state index is 0.00803. The molecule has 0 amide bonds. The second-order valence-corrected chi connectivity index (χ2v) is 18.8. The smallest absolute Gasteiger partial charge is 0.0793 e. The lowest BCUT2D eigenvalue weighted by Crippen LogP contribution is -2.54. The first-order valence-electron chi connectivity index (χ1n) is 25.7. The third kappa shape index (κ3) is 34.8. The van der Waals surface area contributed by atoms with Crippen LogP contribution in [0.2, 0.25) is 0 Å². The molecule has 0 spiro atoms. The molecule has 0 aromatic heterocycles. The number of aliphatic hydroxyl groups excluding tert-OH is 2. The molecule has 0 aliphatic carbocycles. The number of hydrogen-bond acceptors (Lipinski definition) is 29. The third-order valence-corrected chi connectivity index (χ3v) is 12.5. The van der Waals surface area contributed by atoms with Crippen molar-refractivity contribution in [3.05, 3.63) is 0 Å². The molecule has 76 heavy (non-hydrogen) atoms. The van der Waals surface area contributed by atoms with Crippen LogP contribution in [0.4, 0.5) is 0 Å². The van der Waals surface area contributed by atoms with Gasteiger partial charge in [-0.3, -0.25) is 44.1 Å². The quantitative estimate of drug-likeness (QED) is 0.0546. The van der Waals surface area contributed by atoms with Crippen LogP contribution in [-0.4, -0.2) is 359 Å². The predicted molar refractivity (Wildman–Crippen MR) is 256 cm³/mol. The number of aliphatic hydroxyl groups is 2. The standard InChI is InChI=1S/C47H89N9O20/c1-71-19-21-73-23-25-75-37-39(38-76-26-24-74-22-20-72-2)56(29-40(57)27-48-3-7-50(31-42(59)60)11-15-54(35-46(67)68)16-12-51(8-4-48)32-43(61)62)30-41(58)28-49-5-9-52(33-44(63)64)13-17-55(36-47(69)70)18-14-53(10-6-49)34-45(65)66/h39-41,57-58H,3-38H2,1-2H3,(H,59,60)(H,61,62)(H,63,64)(H,65,66)(H,67,68)(H,69,70)/p-6. The van der Waals surface area contributed by atoms with E-state index in [0.717, 1.165) is 0 Å². The number of carbonyl (C=O) groups excluding carboxylic acids is 6. The molecule has 2 heterocycles. The van der Waals surface area contributed by atoms with E-state index in [1.165, 1.54) is 9.80 Å². The van der Waals surface area contributed by atoms with Crippen LogP contribution in [0.3, 0.4) is 0 Å². The van der Waals surface area contributed by atoms with Gasteiger partial charge in [0.2, 0.25) is 0 Å². The maximum Gasteiger partial charge on any atom is 0.0793 e. The van der Waals surface area contributed by atoms with Gasteiger partial charge in [0.15, 0.2) is 0 Å². The number of carbonyl (C=O) groups is 6. The van der Waals surface area contributed by atoms with Gasteiger partial charge in [-0.1, -0.05) is 0 Å². The second-order valence-electron chi connectivity index (χ2n) is 18.8. The minimum Gasteiger partial charge on any atom is -0.549 e. The first-order valence-corrected chi connectivity index (χ1v) is 25.7. The fourth-order valence-electron chi connectivity index (χ4n) is 8.61. The van der Waals surface area contributed by atoms with Crippen molar-refractivity contribution in [3.8, 4) is 0 Å². The van der Waals surface area contributed by atoms with Crippen molar-refractivity contribution in [3.63, 3.8) is 0 Å². The summed E-state index contributed by atoms with van der Waals surface area (Å²) in [6, 6.07) is -0.609. The van der Waals surface area contributed by atoms with E-state index in [-0.39, 0.29) is 171 Å². The Morgan fingerprint density at radius 1 is 0.368 bits per heavy atom. The van der Waals surface area contributed by atoms with Gasteiger partial charge in [0, 0.05) is 184 Å². The summed E-state index contributed by atoms with van der Waals surface area (Å²) >= 11 is 0. The molecule has 2 unspecified atom stereocenters. The highest BCUT2D eigenvalue weighted by Gasteiger charge is 2.28. The molecule has 0 radical (unpaired) electrons. The van der Waals surface area contributed by atoms with E-state index >= 15 is 0 Å². The summed E-state index contributed by atoms with van der Waals surface area (Å²) in [5.41, 5.74) is 0. The zero-order valence-corrected chi connectivity index (χ0v) is 44.5. The number of rotatable bonds is 37. The highest BCUT2D eigenvalue weighted by Crippen LogP contribution is 2.11. The topological polar surface area (TPSA) is 366 Å². The first-order chi connectivity index (χ1) is 36.3. The van der Waals surface area contributed by atoms with Crippen molar-refractivity contribution in [1.82, 2.24) is 44.1 Å². The minimum atomic E-state index is -1.35. The molecular weight excluding hydrogens is 1010 g/mol. The zero-order chi connectivity index (χ0) is 56.1. The Morgan fingerprint density at radius 2 is 0.579 bits per heavy atom. The van der Waals surface area contributed by atoms with Crippen molar-refractivity contribution in [2.75, 3.05) is 250 Å². The van der Waals surface area contributed by atoms with Crippen molar-refractivity contribution in [2.45, 2.75) is 18.2 Å². The summed E-state index contributed by atoms with van der Waals surface area (Å²) in [6.07, 6.45) is -2.32. The van der Waals surface area contributed by atoms with Crippen molar-refractivity contribution < 1.29 is 98.0 Å². The molecule has 2 N–H and O–H groups in total. The largest absolute Gasteiger partial charge is 0.549 e. The van der Waals surface area contributed by atoms with Crippen LogP contribution in [0, 0.1) is 0 Å². The van der Waals surface area contributed by atoms with Crippen molar-refractivity contribution in [2.24, 2.45) is 0 Å². The molecule has 2 saturated heterocycles. The van der Waals surface area contributed by atoms with Crippen molar-refractivity contribution >= 4 is 35.8 Å². The Balaban J connectivity index is 2.50. The molecule has 442 valence electrons. The molecule has 29 heteroatoms. The molecule has 0 aromatic carbocycles. The molecular formula is C47H83N9O20-6. The summed E-state index contributed by atoms with van der Waals surface area (Å²) in [5, 5.41) is 94.4. The van der Waals surface area contributed by atoms with Gasteiger partial charge in [-0.15, -0.1) is 0 Å². The van der Waals surface area contributed by atoms with Gasteiger partial charge in [-0.2, -0.15) is 0 Å². The van der Waals surface area contributed by atoms with Crippen LogP contribution in [-0.2, 0) is 57.2 Å². The van der Waals surface area contributed by atoms with Crippen LogP contribution in [0.1, 0.15) is 0 Å². The Bertz CT molecular complexity index is 1460. The van der Waals surface area contributed by atoms with E-state index in [0.29, 0.717) is 26.4 Å². The van der Waals surface area contributed by atoms with Gasteiger partial charge in [0.05, 0.1) is 120 Å². The molecule has 2 aliphatic rings. The fourth-order valence-corrected chi connectivity index (χ4v) is 8.61. The molecule has 0 aromatic rings. The lowest BCUT2D eigenvalue weighted by molar-refractivity contribution is -0.308. The number of carboxylic acids is 6. The van der Waals surface area contributed by atoms with E-state index in [4.69, 9.17) is 28.4 Å². The van der Waals surface area contributed by atoms with Gasteiger partial charge in [-0.05, 0) is 0 Å². The number of β-amino-alcohol motifs (C(OH)–C–C–N with tert-alkyl or cyclic N) is 2. The highest BCUT2D eigenvalue weighted by molar-refractivity contribution is 5.68. The summed E-state index contributed by atoms with van der Waals surface area (Å²) in [5.74, 6) is -8.10. The van der Waals surface area contributed by atoms with Crippen molar-refractivity contribution in [1.29, 1.82) is 0 Å². The Hall–Kier alpha value is -3.86. The Kier molecular flexibility index (Phi) is 37.0.